The van der Waals surface area contributed by atoms with E-state index in [1.54, 1.807) is 6.20 Å². The Morgan fingerprint density at radius 3 is 2.74 bits per heavy atom. The summed E-state index contributed by atoms with van der Waals surface area (Å²) in [6.07, 6.45) is 8.51. The maximum Gasteiger partial charge on any atom is 0.147 e. The fraction of sp³-hybridized carbons (Fsp3) is 0.400. The molecule has 2 heterocycles. The minimum absolute atomic E-state index is 0.420. The topological polar surface area (TPSA) is 64.9 Å². The first kappa shape index (κ1) is 12.5. The number of nitrogens with two attached hydrogens (primary N) is 2. The number of hydrogen-bond donors (Lipinski definition) is 2. The zero-order valence-electron chi connectivity index (χ0n) is 10.9. The first-order valence-electron chi connectivity index (χ1n) is 6.83. The molecule has 1 saturated carbocycles. The summed E-state index contributed by atoms with van der Waals surface area (Å²) < 4.78 is 0. The molecule has 0 radical (unpaired) electrons. The molecule has 1 aliphatic rings. The summed E-state index contributed by atoms with van der Waals surface area (Å²) in [6.45, 7) is 0. The predicted octanol–water partition coefficient (Wildman–Crippen LogP) is 3.71. The average Bonchev–Trinajstić information content (AvgIpc) is 3.05. The van der Waals surface area contributed by atoms with Gasteiger partial charge in [0.25, 0.3) is 0 Å². The summed E-state index contributed by atoms with van der Waals surface area (Å²) >= 11 is 1.83. The Labute approximate surface area is 117 Å². The van der Waals surface area contributed by atoms with Crippen molar-refractivity contribution in [3.8, 4) is 10.4 Å². The fourth-order valence-electron chi connectivity index (χ4n) is 2.84. The van der Waals surface area contributed by atoms with E-state index in [-0.39, 0.29) is 0 Å². The van der Waals surface area contributed by atoms with Gasteiger partial charge in [-0.15, -0.1) is 11.3 Å². The summed E-state index contributed by atoms with van der Waals surface area (Å²) in [6, 6.07) is 6.32. The van der Waals surface area contributed by atoms with E-state index in [4.69, 9.17) is 11.5 Å². The van der Waals surface area contributed by atoms with E-state index in [9.17, 15) is 0 Å². The Kier molecular flexibility index (Phi) is 3.42. The standard InChI is InChI=1S/C15H19N3S/c16-14-12(7-8-18-15(14)17)13-6-5-11(19-13)9-10-3-1-2-4-10/h5-8,10H,1-4,9,16H2,(H2,17,18). The molecule has 4 heteroatoms. The van der Waals surface area contributed by atoms with E-state index in [1.165, 1.54) is 41.9 Å². The van der Waals surface area contributed by atoms with Crippen LogP contribution in [0.15, 0.2) is 24.4 Å². The molecule has 0 saturated heterocycles. The smallest absolute Gasteiger partial charge is 0.147 e. The molecule has 2 aromatic heterocycles. The monoisotopic (exact) mass is 273 g/mol. The van der Waals surface area contributed by atoms with Gasteiger partial charge in [0.15, 0.2) is 0 Å². The van der Waals surface area contributed by atoms with Crippen LogP contribution in [0.3, 0.4) is 0 Å². The van der Waals surface area contributed by atoms with Gasteiger partial charge in [0.2, 0.25) is 0 Å². The van der Waals surface area contributed by atoms with Gasteiger partial charge in [0, 0.05) is 21.5 Å². The lowest BCUT2D eigenvalue weighted by molar-refractivity contribution is 0.551. The molecule has 0 amide bonds. The fourth-order valence-corrected chi connectivity index (χ4v) is 4.00. The number of hydrogen-bond acceptors (Lipinski definition) is 4. The van der Waals surface area contributed by atoms with Gasteiger partial charge >= 0.3 is 0 Å². The van der Waals surface area contributed by atoms with Crippen molar-refractivity contribution in [3.05, 3.63) is 29.3 Å². The van der Waals surface area contributed by atoms with Crippen molar-refractivity contribution in [3.63, 3.8) is 0 Å². The highest BCUT2D eigenvalue weighted by Gasteiger charge is 2.17. The van der Waals surface area contributed by atoms with Crippen molar-refractivity contribution in [2.45, 2.75) is 32.1 Å². The van der Waals surface area contributed by atoms with Gasteiger partial charge in [0.1, 0.15) is 5.82 Å². The number of pyridine rings is 1. The minimum atomic E-state index is 0.420. The third-order valence-electron chi connectivity index (χ3n) is 3.91. The molecule has 3 nitrogen and oxygen atoms in total. The third-order valence-corrected chi connectivity index (χ3v) is 5.05. The van der Waals surface area contributed by atoms with Crippen LogP contribution in [0.5, 0.6) is 0 Å². The van der Waals surface area contributed by atoms with Gasteiger partial charge in [-0.25, -0.2) is 4.98 Å². The predicted molar refractivity (Wildman–Crippen MR) is 82.0 cm³/mol. The molecule has 19 heavy (non-hydrogen) atoms. The molecule has 4 N–H and O–H groups in total. The second-order valence-corrected chi connectivity index (χ2v) is 6.45. The molecule has 0 unspecified atom stereocenters. The van der Waals surface area contributed by atoms with Crippen molar-refractivity contribution in [1.29, 1.82) is 0 Å². The van der Waals surface area contributed by atoms with E-state index >= 15 is 0 Å². The second-order valence-electron chi connectivity index (χ2n) is 5.28. The van der Waals surface area contributed by atoms with Crippen LogP contribution in [0.1, 0.15) is 30.6 Å². The lowest BCUT2D eigenvalue weighted by Gasteiger charge is -2.06. The number of rotatable bonds is 3. The quantitative estimate of drug-likeness (QED) is 0.896. The molecule has 0 atom stereocenters. The Hall–Kier alpha value is -1.55. The molecule has 0 aromatic carbocycles. The SMILES string of the molecule is Nc1nccc(-c2ccc(CC3CCCC3)s2)c1N. The van der Waals surface area contributed by atoms with Crippen LogP contribution in [-0.2, 0) is 6.42 Å². The molecule has 1 fully saturated rings. The highest BCUT2D eigenvalue weighted by Crippen LogP contribution is 2.36. The van der Waals surface area contributed by atoms with Crippen LogP contribution in [0.4, 0.5) is 11.5 Å². The number of aromatic nitrogens is 1. The number of nitrogen functional groups attached to an aromatic ring is 2. The average molecular weight is 273 g/mol. The van der Waals surface area contributed by atoms with Crippen LogP contribution >= 0.6 is 11.3 Å². The number of nitrogens with zero attached hydrogens (tertiary/aromatic N) is 1. The molecule has 0 bridgehead atoms. The number of thiophene rings is 1. The van der Waals surface area contributed by atoms with Crippen molar-refractivity contribution >= 4 is 22.8 Å². The summed E-state index contributed by atoms with van der Waals surface area (Å²) in [5.74, 6) is 1.30. The van der Waals surface area contributed by atoms with Gasteiger partial charge in [-0.05, 0) is 30.5 Å². The molecular formula is C15H19N3S. The molecule has 1 aliphatic carbocycles. The maximum atomic E-state index is 6.01. The summed E-state index contributed by atoms with van der Waals surface area (Å²) in [5.41, 5.74) is 13.4. The van der Waals surface area contributed by atoms with Crippen molar-refractivity contribution < 1.29 is 0 Å². The molecule has 0 aliphatic heterocycles. The summed E-state index contributed by atoms with van der Waals surface area (Å²) in [4.78, 5) is 6.66. The van der Waals surface area contributed by atoms with Crippen LogP contribution in [0.2, 0.25) is 0 Å². The minimum Gasteiger partial charge on any atom is -0.395 e. The van der Waals surface area contributed by atoms with Crippen LogP contribution in [0.25, 0.3) is 10.4 Å². The Balaban J connectivity index is 1.82. The second kappa shape index (κ2) is 5.21. The molecule has 100 valence electrons. The first-order valence-corrected chi connectivity index (χ1v) is 7.64. The molecule has 0 spiro atoms. The van der Waals surface area contributed by atoms with E-state index in [0.29, 0.717) is 11.5 Å². The molecule has 3 rings (SSSR count). The van der Waals surface area contributed by atoms with Crippen LogP contribution < -0.4 is 11.5 Å². The zero-order chi connectivity index (χ0) is 13.2. The van der Waals surface area contributed by atoms with E-state index in [0.717, 1.165) is 11.5 Å². The van der Waals surface area contributed by atoms with Crippen LogP contribution in [-0.4, -0.2) is 4.98 Å². The van der Waals surface area contributed by atoms with E-state index in [2.05, 4.69) is 17.1 Å². The van der Waals surface area contributed by atoms with E-state index in [1.807, 2.05) is 17.4 Å². The van der Waals surface area contributed by atoms with Crippen molar-refractivity contribution in [2.24, 2.45) is 5.92 Å². The van der Waals surface area contributed by atoms with Crippen molar-refractivity contribution in [2.75, 3.05) is 11.5 Å². The van der Waals surface area contributed by atoms with Gasteiger partial charge in [0.05, 0.1) is 5.69 Å². The third kappa shape index (κ3) is 2.59. The Morgan fingerprint density at radius 1 is 1.16 bits per heavy atom. The van der Waals surface area contributed by atoms with Gasteiger partial charge in [-0.2, -0.15) is 0 Å². The highest BCUT2D eigenvalue weighted by atomic mass is 32.1. The van der Waals surface area contributed by atoms with Gasteiger partial charge in [-0.3, -0.25) is 0 Å². The maximum absolute atomic E-state index is 6.01. The number of anilines is 2. The first-order chi connectivity index (χ1) is 9.24. The Bertz CT molecular complexity index is 571. The summed E-state index contributed by atoms with van der Waals surface area (Å²) in [7, 11) is 0. The molecular weight excluding hydrogens is 254 g/mol. The normalized spacial score (nSPS) is 16.0. The summed E-state index contributed by atoms with van der Waals surface area (Å²) in [5, 5.41) is 0. The van der Waals surface area contributed by atoms with Gasteiger partial charge in [-0.1, -0.05) is 25.7 Å². The van der Waals surface area contributed by atoms with Crippen LogP contribution in [0, 0.1) is 5.92 Å². The van der Waals surface area contributed by atoms with Crippen molar-refractivity contribution in [1.82, 2.24) is 4.98 Å². The highest BCUT2D eigenvalue weighted by molar-refractivity contribution is 7.15. The lowest BCUT2D eigenvalue weighted by Crippen LogP contribution is -1.98. The van der Waals surface area contributed by atoms with Gasteiger partial charge < -0.3 is 11.5 Å². The zero-order valence-corrected chi connectivity index (χ0v) is 11.7. The molecule has 2 aromatic rings. The Morgan fingerprint density at radius 2 is 1.95 bits per heavy atom. The largest absolute Gasteiger partial charge is 0.395 e. The lowest BCUT2D eigenvalue weighted by atomic mass is 10.0. The van der Waals surface area contributed by atoms with E-state index < -0.39 is 0 Å².